The maximum absolute atomic E-state index is 13.8. The number of halogens is 2. The summed E-state index contributed by atoms with van der Waals surface area (Å²) in [6.07, 6.45) is 2.49. The molecule has 5 heteroatoms. The highest BCUT2D eigenvalue weighted by molar-refractivity contribution is 9.10. The molecule has 0 bridgehead atoms. The molecular formula is C16H12BrFO3. The zero-order valence-electron chi connectivity index (χ0n) is 11.1. The first-order valence-electron chi connectivity index (χ1n) is 6.10. The van der Waals surface area contributed by atoms with E-state index in [-0.39, 0.29) is 5.75 Å². The molecule has 21 heavy (non-hydrogen) atoms. The van der Waals surface area contributed by atoms with Crippen molar-refractivity contribution in [2.24, 2.45) is 0 Å². The molecule has 3 nitrogen and oxygen atoms in total. The molecule has 0 atom stereocenters. The van der Waals surface area contributed by atoms with Gasteiger partial charge in [-0.15, -0.1) is 0 Å². The second kappa shape index (κ2) is 6.54. The smallest absolute Gasteiger partial charge is 0.328 e. The molecule has 2 aromatic carbocycles. The number of hydrogen-bond donors (Lipinski definition) is 1. The van der Waals surface area contributed by atoms with Gasteiger partial charge in [0, 0.05) is 10.5 Å². The van der Waals surface area contributed by atoms with E-state index < -0.39 is 11.8 Å². The summed E-state index contributed by atoms with van der Waals surface area (Å²) >= 11 is 3.18. The molecule has 2 rings (SSSR count). The molecule has 0 saturated carbocycles. The van der Waals surface area contributed by atoms with Crippen LogP contribution in [-0.2, 0) is 4.79 Å². The lowest BCUT2D eigenvalue weighted by Crippen LogP contribution is -1.92. The predicted molar refractivity (Wildman–Crippen MR) is 82.0 cm³/mol. The fourth-order valence-electron chi connectivity index (χ4n) is 1.67. The maximum Gasteiger partial charge on any atom is 0.328 e. The molecule has 0 aromatic heterocycles. The number of benzene rings is 2. The topological polar surface area (TPSA) is 46.5 Å². The SMILES string of the molecule is Cc1ccc(/C=C/C(=O)O)cc1Oc1ccc(Br)cc1F. The van der Waals surface area contributed by atoms with Crippen molar-refractivity contribution >= 4 is 28.0 Å². The Morgan fingerprint density at radius 1 is 1.24 bits per heavy atom. The molecule has 0 aliphatic carbocycles. The highest BCUT2D eigenvalue weighted by Gasteiger charge is 2.08. The Morgan fingerprint density at radius 2 is 2.00 bits per heavy atom. The number of aryl methyl sites for hydroxylation is 1. The van der Waals surface area contributed by atoms with E-state index in [4.69, 9.17) is 9.84 Å². The van der Waals surface area contributed by atoms with Gasteiger partial charge >= 0.3 is 5.97 Å². The van der Waals surface area contributed by atoms with Crippen LogP contribution in [0.4, 0.5) is 4.39 Å². The van der Waals surface area contributed by atoms with Gasteiger partial charge < -0.3 is 9.84 Å². The molecule has 0 amide bonds. The lowest BCUT2D eigenvalue weighted by molar-refractivity contribution is -0.131. The predicted octanol–water partition coefficient (Wildman–Crippen LogP) is 4.79. The normalized spacial score (nSPS) is 10.8. The van der Waals surface area contributed by atoms with Crippen LogP contribution < -0.4 is 4.74 Å². The van der Waals surface area contributed by atoms with E-state index in [1.165, 1.54) is 18.2 Å². The van der Waals surface area contributed by atoms with Crippen molar-refractivity contribution < 1.29 is 19.0 Å². The van der Waals surface area contributed by atoms with E-state index in [0.29, 0.717) is 15.8 Å². The molecule has 0 heterocycles. The third-order valence-electron chi connectivity index (χ3n) is 2.74. The van der Waals surface area contributed by atoms with Gasteiger partial charge in [0.2, 0.25) is 0 Å². The van der Waals surface area contributed by atoms with Gasteiger partial charge in [-0.3, -0.25) is 0 Å². The average Bonchev–Trinajstić information content (AvgIpc) is 2.42. The quantitative estimate of drug-likeness (QED) is 0.806. The van der Waals surface area contributed by atoms with Gasteiger partial charge in [0.15, 0.2) is 11.6 Å². The summed E-state index contributed by atoms with van der Waals surface area (Å²) in [7, 11) is 0. The molecule has 0 unspecified atom stereocenters. The van der Waals surface area contributed by atoms with Crippen LogP contribution in [0.3, 0.4) is 0 Å². The third-order valence-corrected chi connectivity index (χ3v) is 3.24. The molecule has 0 aliphatic heterocycles. The largest absolute Gasteiger partial charge is 0.478 e. The van der Waals surface area contributed by atoms with Crippen LogP contribution in [0.5, 0.6) is 11.5 Å². The monoisotopic (exact) mass is 350 g/mol. The van der Waals surface area contributed by atoms with Gasteiger partial charge in [-0.25, -0.2) is 9.18 Å². The lowest BCUT2D eigenvalue weighted by atomic mass is 10.1. The summed E-state index contributed by atoms with van der Waals surface area (Å²) in [5.41, 5.74) is 1.49. The molecule has 108 valence electrons. The number of aliphatic carboxylic acids is 1. The van der Waals surface area contributed by atoms with Crippen molar-refractivity contribution in [2.75, 3.05) is 0 Å². The summed E-state index contributed by atoms with van der Waals surface area (Å²) in [5, 5.41) is 8.62. The molecule has 0 saturated heterocycles. The van der Waals surface area contributed by atoms with Crippen LogP contribution in [0, 0.1) is 12.7 Å². The maximum atomic E-state index is 13.8. The van der Waals surface area contributed by atoms with Crippen molar-refractivity contribution in [2.45, 2.75) is 6.92 Å². The zero-order valence-corrected chi connectivity index (χ0v) is 12.7. The molecular weight excluding hydrogens is 339 g/mol. The summed E-state index contributed by atoms with van der Waals surface area (Å²) in [4.78, 5) is 10.5. The molecule has 1 N–H and O–H groups in total. The first-order valence-corrected chi connectivity index (χ1v) is 6.89. The minimum Gasteiger partial charge on any atom is -0.478 e. The Morgan fingerprint density at radius 3 is 2.67 bits per heavy atom. The van der Waals surface area contributed by atoms with Crippen LogP contribution in [0.15, 0.2) is 46.9 Å². The van der Waals surface area contributed by atoms with Gasteiger partial charge in [-0.05, 0) is 48.4 Å². The van der Waals surface area contributed by atoms with Crippen LogP contribution in [-0.4, -0.2) is 11.1 Å². The Kier molecular flexibility index (Phi) is 4.75. The fraction of sp³-hybridized carbons (Fsp3) is 0.0625. The Balaban J connectivity index is 2.30. The summed E-state index contributed by atoms with van der Waals surface area (Å²) in [6.45, 7) is 1.83. The fourth-order valence-corrected chi connectivity index (χ4v) is 2.01. The molecule has 2 aromatic rings. The highest BCUT2D eigenvalue weighted by Crippen LogP contribution is 2.29. The summed E-state index contributed by atoms with van der Waals surface area (Å²) in [6, 6.07) is 9.74. The number of carboxylic acids is 1. The van der Waals surface area contributed by atoms with Crippen molar-refractivity contribution in [1.29, 1.82) is 0 Å². The van der Waals surface area contributed by atoms with E-state index in [2.05, 4.69) is 15.9 Å². The minimum absolute atomic E-state index is 0.112. The van der Waals surface area contributed by atoms with Crippen molar-refractivity contribution in [3.05, 3.63) is 63.9 Å². The average molecular weight is 351 g/mol. The molecule has 0 radical (unpaired) electrons. The number of hydrogen-bond acceptors (Lipinski definition) is 2. The van der Waals surface area contributed by atoms with E-state index in [9.17, 15) is 9.18 Å². The van der Waals surface area contributed by atoms with Crippen molar-refractivity contribution in [1.82, 2.24) is 0 Å². The van der Waals surface area contributed by atoms with Crippen LogP contribution >= 0.6 is 15.9 Å². The molecule has 0 aliphatic rings. The van der Waals surface area contributed by atoms with E-state index in [1.54, 1.807) is 24.3 Å². The van der Waals surface area contributed by atoms with Crippen LogP contribution in [0.25, 0.3) is 6.08 Å². The van der Waals surface area contributed by atoms with Crippen LogP contribution in [0.2, 0.25) is 0 Å². The second-order valence-electron chi connectivity index (χ2n) is 4.37. The number of carbonyl (C=O) groups is 1. The molecule has 0 spiro atoms. The van der Waals surface area contributed by atoms with E-state index in [0.717, 1.165) is 11.6 Å². The van der Waals surface area contributed by atoms with E-state index in [1.807, 2.05) is 6.92 Å². The number of rotatable bonds is 4. The standard InChI is InChI=1S/C16H12BrFO3/c1-10-2-3-11(4-7-16(19)20)8-15(10)21-14-6-5-12(17)9-13(14)18/h2-9H,1H3,(H,19,20)/b7-4+. The van der Waals surface area contributed by atoms with Gasteiger partial charge in [0.25, 0.3) is 0 Å². The highest BCUT2D eigenvalue weighted by atomic mass is 79.9. The summed E-state index contributed by atoms with van der Waals surface area (Å²) in [5.74, 6) is -0.920. The number of carboxylic acid groups (broad SMARTS) is 1. The Hall–Kier alpha value is -2.14. The van der Waals surface area contributed by atoms with Gasteiger partial charge in [-0.2, -0.15) is 0 Å². The van der Waals surface area contributed by atoms with Crippen molar-refractivity contribution in [3.63, 3.8) is 0 Å². The van der Waals surface area contributed by atoms with Gasteiger partial charge in [0.05, 0.1) is 0 Å². The first-order chi connectivity index (χ1) is 9.95. The summed E-state index contributed by atoms with van der Waals surface area (Å²) < 4.78 is 20.0. The second-order valence-corrected chi connectivity index (χ2v) is 5.29. The molecule has 0 fully saturated rings. The van der Waals surface area contributed by atoms with Crippen LogP contribution in [0.1, 0.15) is 11.1 Å². The van der Waals surface area contributed by atoms with Gasteiger partial charge in [-0.1, -0.05) is 28.1 Å². The van der Waals surface area contributed by atoms with Crippen molar-refractivity contribution in [3.8, 4) is 11.5 Å². The Bertz CT molecular complexity index is 711. The minimum atomic E-state index is -1.03. The van der Waals surface area contributed by atoms with E-state index >= 15 is 0 Å². The Labute approximate surface area is 129 Å². The number of ether oxygens (including phenoxy) is 1. The lowest BCUT2D eigenvalue weighted by Gasteiger charge is -2.10. The first kappa shape index (κ1) is 15.3. The zero-order chi connectivity index (χ0) is 15.4. The van der Waals surface area contributed by atoms with Gasteiger partial charge in [0.1, 0.15) is 5.75 Å². The third kappa shape index (κ3) is 4.16.